The van der Waals surface area contributed by atoms with Crippen molar-refractivity contribution in [3.05, 3.63) is 33.8 Å². The van der Waals surface area contributed by atoms with Crippen LogP contribution in [0, 0.1) is 10.9 Å². The van der Waals surface area contributed by atoms with Crippen LogP contribution < -0.4 is 0 Å². The molecule has 0 spiro atoms. The van der Waals surface area contributed by atoms with Crippen LogP contribution in [0.1, 0.15) is 18.4 Å². The topological polar surface area (TPSA) is 55.2 Å². The Hall–Kier alpha value is -1.51. The lowest BCUT2D eigenvalue weighted by Gasteiger charge is -2.12. The lowest BCUT2D eigenvalue weighted by atomic mass is 10.2. The number of carbonyl (C=O) groups excluding carboxylic acids is 2. The maximum atomic E-state index is 12.1. The first-order valence-corrected chi connectivity index (χ1v) is 9.39. The normalized spacial score (nSPS) is 14.5. The summed E-state index contributed by atoms with van der Waals surface area (Å²) in [5.41, 5.74) is 2.03. The Bertz CT molecular complexity index is 812. The molecule has 0 N–H and O–H groups in total. The second-order valence-corrected chi connectivity index (χ2v) is 8.01. The van der Waals surface area contributed by atoms with Gasteiger partial charge in [0.05, 0.1) is 11.4 Å². The first-order valence-electron chi connectivity index (χ1n) is 7.18. The minimum Gasteiger partial charge on any atom is -0.282 e. The highest BCUT2D eigenvalue weighted by Crippen LogP contribution is 2.26. The molecule has 2 amide bonds. The van der Waals surface area contributed by atoms with Crippen LogP contribution in [0.2, 0.25) is 0 Å². The summed E-state index contributed by atoms with van der Waals surface area (Å²) < 4.78 is 3.10. The van der Waals surface area contributed by atoms with E-state index in [9.17, 15) is 9.59 Å². The fourth-order valence-electron chi connectivity index (χ4n) is 2.39. The fraction of sp³-hybridized carbons (Fsp3) is 0.333. The van der Waals surface area contributed by atoms with Crippen LogP contribution in [-0.2, 0) is 9.59 Å². The minimum absolute atomic E-state index is 0.0753. The fourth-order valence-corrected chi connectivity index (χ4v) is 4.61. The molecule has 0 bridgehead atoms. The summed E-state index contributed by atoms with van der Waals surface area (Å²) in [4.78, 5) is 25.0. The highest BCUT2D eigenvalue weighted by Gasteiger charge is 2.26. The average molecular weight is 366 g/mol. The molecule has 3 rings (SSSR count). The van der Waals surface area contributed by atoms with Gasteiger partial charge >= 0.3 is 0 Å². The van der Waals surface area contributed by atoms with Crippen molar-refractivity contribution in [2.24, 2.45) is 0 Å². The molecule has 0 atom stereocenters. The van der Waals surface area contributed by atoms with Gasteiger partial charge in [0.25, 0.3) is 0 Å². The molecule has 0 aliphatic carbocycles. The van der Waals surface area contributed by atoms with Gasteiger partial charge < -0.3 is 0 Å². The van der Waals surface area contributed by atoms with Gasteiger partial charge in [0.2, 0.25) is 11.8 Å². The molecule has 0 unspecified atom stereocenters. The third kappa shape index (κ3) is 3.54. The van der Waals surface area contributed by atoms with Gasteiger partial charge in [-0.25, -0.2) is 4.68 Å². The molecule has 1 aliphatic heterocycles. The van der Waals surface area contributed by atoms with E-state index in [4.69, 9.17) is 12.2 Å². The third-order valence-electron chi connectivity index (χ3n) is 3.57. The van der Waals surface area contributed by atoms with E-state index in [0.29, 0.717) is 16.9 Å². The number of imide groups is 1. The SMILES string of the molecule is Cc1ccccc1-n1nc(SCC(=O)N2CCCC2=O)sc1=S. The number of likely N-dealkylation sites (tertiary alicyclic amines) is 1. The van der Waals surface area contributed by atoms with E-state index in [1.54, 1.807) is 4.68 Å². The third-order valence-corrected chi connectivity index (χ3v) is 5.92. The van der Waals surface area contributed by atoms with Gasteiger partial charge in [-0.15, -0.1) is 5.10 Å². The summed E-state index contributed by atoms with van der Waals surface area (Å²) in [6, 6.07) is 7.88. The van der Waals surface area contributed by atoms with Gasteiger partial charge in [-0.05, 0) is 37.2 Å². The number of benzene rings is 1. The van der Waals surface area contributed by atoms with Crippen LogP contribution in [0.5, 0.6) is 0 Å². The first kappa shape index (κ1) is 16.4. The Balaban J connectivity index is 1.72. The summed E-state index contributed by atoms with van der Waals surface area (Å²) in [6.07, 6.45) is 1.23. The van der Waals surface area contributed by atoms with Crippen LogP contribution >= 0.6 is 35.3 Å². The van der Waals surface area contributed by atoms with Gasteiger partial charge in [-0.3, -0.25) is 14.5 Å². The molecular weight excluding hydrogens is 350 g/mol. The number of para-hydroxylation sites is 1. The number of aromatic nitrogens is 2. The van der Waals surface area contributed by atoms with Gasteiger partial charge in [0.1, 0.15) is 0 Å². The van der Waals surface area contributed by atoms with Crippen LogP contribution in [0.25, 0.3) is 5.69 Å². The average Bonchev–Trinajstić information content (AvgIpc) is 3.11. The zero-order chi connectivity index (χ0) is 16.4. The minimum atomic E-state index is -0.152. The largest absolute Gasteiger partial charge is 0.282 e. The van der Waals surface area contributed by atoms with Crippen LogP contribution in [0.15, 0.2) is 28.6 Å². The van der Waals surface area contributed by atoms with E-state index in [0.717, 1.165) is 22.0 Å². The number of hydrogen-bond donors (Lipinski definition) is 0. The molecule has 1 aromatic carbocycles. The number of thioether (sulfide) groups is 1. The standard InChI is InChI=1S/C15H15N3O2S3/c1-10-5-2-3-6-11(10)18-15(21)23-14(16-18)22-9-13(20)17-8-4-7-12(17)19/h2-3,5-6H,4,7-9H2,1H3. The Morgan fingerprint density at radius 3 is 2.91 bits per heavy atom. The molecule has 0 radical (unpaired) electrons. The molecule has 1 aliphatic rings. The molecular formula is C15H15N3O2S3. The lowest BCUT2D eigenvalue weighted by Crippen LogP contribution is -2.33. The summed E-state index contributed by atoms with van der Waals surface area (Å²) in [7, 11) is 0. The summed E-state index contributed by atoms with van der Waals surface area (Å²) >= 11 is 8.08. The van der Waals surface area contributed by atoms with Gasteiger partial charge in [0.15, 0.2) is 8.29 Å². The Morgan fingerprint density at radius 1 is 1.43 bits per heavy atom. The zero-order valence-electron chi connectivity index (χ0n) is 12.5. The van der Waals surface area contributed by atoms with Gasteiger partial charge in [-0.2, -0.15) is 0 Å². The number of hydrogen-bond acceptors (Lipinski definition) is 6. The highest BCUT2D eigenvalue weighted by atomic mass is 32.2. The molecule has 0 saturated carbocycles. The Morgan fingerprint density at radius 2 is 2.22 bits per heavy atom. The van der Waals surface area contributed by atoms with Crippen molar-refractivity contribution in [1.29, 1.82) is 0 Å². The molecule has 5 nitrogen and oxygen atoms in total. The number of carbonyl (C=O) groups is 2. The van der Waals surface area contributed by atoms with Crippen molar-refractivity contribution in [2.75, 3.05) is 12.3 Å². The van der Waals surface area contributed by atoms with Crippen molar-refractivity contribution in [1.82, 2.24) is 14.7 Å². The molecule has 23 heavy (non-hydrogen) atoms. The maximum Gasteiger partial charge on any atom is 0.239 e. The molecule has 1 fully saturated rings. The summed E-state index contributed by atoms with van der Waals surface area (Å²) in [5.74, 6) is -0.0170. The molecule has 1 aromatic heterocycles. The summed E-state index contributed by atoms with van der Waals surface area (Å²) in [5, 5.41) is 4.50. The van der Waals surface area contributed by atoms with E-state index in [1.165, 1.54) is 28.0 Å². The summed E-state index contributed by atoms with van der Waals surface area (Å²) in [6.45, 7) is 2.54. The number of amides is 2. The van der Waals surface area contributed by atoms with E-state index >= 15 is 0 Å². The highest BCUT2D eigenvalue weighted by molar-refractivity contribution is 8.01. The van der Waals surface area contributed by atoms with Gasteiger partial charge in [0, 0.05) is 13.0 Å². The number of aryl methyl sites for hydroxylation is 1. The quantitative estimate of drug-likeness (QED) is 0.615. The molecule has 1 saturated heterocycles. The van der Waals surface area contributed by atoms with E-state index in [1.807, 2.05) is 31.2 Å². The number of rotatable bonds is 4. The zero-order valence-corrected chi connectivity index (χ0v) is 15.0. The van der Waals surface area contributed by atoms with Crippen LogP contribution in [0.4, 0.5) is 0 Å². The van der Waals surface area contributed by atoms with Crippen LogP contribution in [0.3, 0.4) is 0 Å². The molecule has 2 heterocycles. The first-order chi connectivity index (χ1) is 11.1. The van der Waals surface area contributed by atoms with Crippen molar-refractivity contribution < 1.29 is 9.59 Å². The van der Waals surface area contributed by atoms with Gasteiger partial charge in [-0.1, -0.05) is 41.3 Å². The maximum absolute atomic E-state index is 12.1. The lowest BCUT2D eigenvalue weighted by molar-refractivity contribution is -0.140. The Kier molecular flexibility index (Phi) is 4.93. The molecule has 8 heteroatoms. The second-order valence-electron chi connectivity index (χ2n) is 5.16. The predicted octanol–water partition coefficient (Wildman–Crippen LogP) is 3.21. The van der Waals surface area contributed by atoms with Crippen molar-refractivity contribution in [3.63, 3.8) is 0 Å². The smallest absolute Gasteiger partial charge is 0.239 e. The molecule has 2 aromatic rings. The van der Waals surface area contributed by atoms with E-state index in [-0.39, 0.29) is 17.6 Å². The number of nitrogens with zero attached hydrogens (tertiary/aromatic N) is 3. The molecule has 120 valence electrons. The monoisotopic (exact) mass is 365 g/mol. The van der Waals surface area contributed by atoms with Crippen molar-refractivity contribution >= 4 is 47.1 Å². The van der Waals surface area contributed by atoms with Crippen molar-refractivity contribution in [2.45, 2.75) is 24.1 Å². The predicted molar refractivity (Wildman–Crippen MR) is 93.7 cm³/mol. The van der Waals surface area contributed by atoms with E-state index in [2.05, 4.69) is 5.10 Å². The Labute approximate surface area is 147 Å². The second kappa shape index (κ2) is 6.94. The van der Waals surface area contributed by atoms with Crippen LogP contribution in [-0.4, -0.2) is 38.8 Å². The van der Waals surface area contributed by atoms with Crippen molar-refractivity contribution in [3.8, 4) is 5.69 Å². The van der Waals surface area contributed by atoms with E-state index < -0.39 is 0 Å².